The van der Waals surface area contributed by atoms with E-state index in [1.807, 2.05) is 0 Å². The van der Waals surface area contributed by atoms with Crippen molar-refractivity contribution < 1.29 is 0 Å². The quantitative estimate of drug-likeness (QED) is 0.708. The molecule has 0 spiro atoms. The van der Waals surface area contributed by atoms with Crippen molar-refractivity contribution in [1.82, 2.24) is 9.80 Å². The molecule has 16 heavy (non-hydrogen) atoms. The monoisotopic (exact) mass is 224 g/mol. The number of hydrogen-bond donors (Lipinski definition) is 0. The molecule has 2 fully saturated rings. The molecule has 0 amide bonds. The van der Waals surface area contributed by atoms with Gasteiger partial charge in [0.15, 0.2) is 0 Å². The van der Waals surface area contributed by atoms with Crippen LogP contribution >= 0.6 is 0 Å². The summed E-state index contributed by atoms with van der Waals surface area (Å²) in [6, 6.07) is 0. The van der Waals surface area contributed by atoms with Crippen molar-refractivity contribution in [1.29, 1.82) is 0 Å². The molecule has 0 aromatic heterocycles. The van der Waals surface area contributed by atoms with Crippen molar-refractivity contribution in [2.75, 3.05) is 39.3 Å². The molecule has 2 rings (SSSR count). The van der Waals surface area contributed by atoms with Gasteiger partial charge in [-0.1, -0.05) is 13.8 Å². The fraction of sp³-hybridized carbons (Fsp3) is 1.00. The van der Waals surface area contributed by atoms with Crippen molar-refractivity contribution in [3.05, 3.63) is 0 Å². The van der Waals surface area contributed by atoms with E-state index in [1.165, 1.54) is 65.0 Å². The maximum Gasteiger partial charge on any atom is 0.00224 e. The smallest absolute Gasteiger partial charge is 0.00224 e. The molecule has 0 aliphatic carbocycles. The highest BCUT2D eigenvalue weighted by Gasteiger charge is 2.25. The number of rotatable bonds is 5. The molecule has 2 heterocycles. The lowest BCUT2D eigenvalue weighted by atomic mass is 10.1. The molecule has 94 valence electrons. The van der Waals surface area contributed by atoms with E-state index in [4.69, 9.17) is 0 Å². The Kier molecular flexibility index (Phi) is 4.66. The largest absolute Gasteiger partial charge is 0.303 e. The van der Waals surface area contributed by atoms with Gasteiger partial charge in [0, 0.05) is 13.1 Å². The standard InChI is InChI=1S/C14H28N2/c1-13(2)5-9-16-10-6-14(12-16)11-15-7-3-4-8-15/h13-14H,3-12H2,1-2H3. The molecule has 0 radical (unpaired) electrons. The third-order valence-electron chi connectivity index (χ3n) is 4.11. The van der Waals surface area contributed by atoms with Crippen molar-refractivity contribution >= 4 is 0 Å². The molecule has 0 aromatic carbocycles. The molecule has 0 aromatic rings. The zero-order valence-corrected chi connectivity index (χ0v) is 11.1. The zero-order valence-electron chi connectivity index (χ0n) is 11.1. The van der Waals surface area contributed by atoms with E-state index >= 15 is 0 Å². The number of hydrogen-bond acceptors (Lipinski definition) is 2. The second-order valence-corrected chi connectivity index (χ2v) is 6.15. The van der Waals surface area contributed by atoms with Crippen LogP contribution in [0.25, 0.3) is 0 Å². The van der Waals surface area contributed by atoms with Crippen molar-refractivity contribution in [3.8, 4) is 0 Å². The Hall–Kier alpha value is -0.0800. The van der Waals surface area contributed by atoms with Gasteiger partial charge in [0.1, 0.15) is 0 Å². The fourth-order valence-corrected chi connectivity index (χ4v) is 3.04. The summed E-state index contributed by atoms with van der Waals surface area (Å²) in [7, 11) is 0. The predicted molar refractivity (Wildman–Crippen MR) is 69.7 cm³/mol. The summed E-state index contributed by atoms with van der Waals surface area (Å²) in [6.07, 6.45) is 5.68. The van der Waals surface area contributed by atoms with Gasteiger partial charge in [0.05, 0.1) is 0 Å². The minimum Gasteiger partial charge on any atom is -0.303 e. The summed E-state index contributed by atoms with van der Waals surface area (Å²) in [5, 5.41) is 0. The van der Waals surface area contributed by atoms with Crippen molar-refractivity contribution in [2.45, 2.75) is 39.5 Å². The highest BCUT2D eigenvalue weighted by Crippen LogP contribution is 2.20. The highest BCUT2D eigenvalue weighted by atomic mass is 15.2. The first kappa shape index (κ1) is 12.4. The van der Waals surface area contributed by atoms with Gasteiger partial charge in [-0.25, -0.2) is 0 Å². The molecule has 1 unspecified atom stereocenters. The molecular formula is C14H28N2. The van der Waals surface area contributed by atoms with Crippen LogP contribution in [-0.2, 0) is 0 Å². The van der Waals surface area contributed by atoms with Gasteiger partial charge >= 0.3 is 0 Å². The van der Waals surface area contributed by atoms with Gasteiger partial charge in [-0.3, -0.25) is 0 Å². The lowest BCUT2D eigenvalue weighted by Gasteiger charge is -2.21. The summed E-state index contributed by atoms with van der Waals surface area (Å²) >= 11 is 0. The SMILES string of the molecule is CC(C)CCN1CCC(CN2CCCC2)C1. The van der Waals surface area contributed by atoms with Crippen LogP contribution in [0, 0.1) is 11.8 Å². The average Bonchev–Trinajstić information content (AvgIpc) is 2.87. The van der Waals surface area contributed by atoms with Gasteiger partial charge in [0.2, 0.25) is 0 Å². The third kappa shape index (κ3) is 3.74. The molecule has 1 atom stereocenters. The van der Waals surface area contributed by atoms with E-state index < -0.39 is 0 Å². The Bertz CT molecular complexity index is 197. The fourth-order valence-electron chi connectivity index (χ4n) is 3.04. The molecule has 2 saturated heterocycles. The lowest BCUT2D eigenvalue weighted by molar-refractivity contribution is 0.258. The predicted octanol–water partition coefficient (Wildman–Crippen LogP) is 2.45. The average molecular weight is 224 g/mol. The molecule has 2 heteroatoms. The molecule has 0 N–H and O–H groups in total. The minimum atomic E-state index is 0.859. The Morgan fingerprint density at radius 3 is 2.50 bits per heavy atom. The van der Waals surface area contributed by atoms with Gasteiger partial charge in [-0.2, -0.15) is 0 Å². The van der Waals surface area contributed by atoms with Crippen LogP contribution in [0.1, 0.15) is 39.5 Å². The van der Waals surface area contributed by atoms with E-state index in [0.29, 0.717) is 0 Å². The van der Waals surface area contributed by atoms with E-state index in [9.17, 15) is 0 Å². The lowest BCUT2D eigenvalue weighted by Crippen LogP contribution is -2.29. The molecule has 2 aliphatic rings. The Morgan fingerprint density at radius 2 is 1.81 bits per heavy atom. The highest BCUT2D eigenvalue weighted by molar-refractivity contribution is 4.79. The second-order valence-electron chi connectivity index (χ2n) is 6.15. The van der Waals surface area contributed by atoms with E-state index in [-0.39, 0.29) is 0 Å². The summed E-state index contributed by atoms with van der Waals surface area (Å²) in [5.41, 5.74) is 0. The van der Waals surface area contributed by atoms with Crippen LogP contribution in [0.5, 0.6) is 0 Å². The Labute approximate surface area is 101 Å². The second kappa shape index (κ2) is 6.02. The van der Waals surface area contributed by atoms with Crippen LogP contribution in [0.3, 0.4) is 0 Å². The van der Waals surface area contributed by atoms with E-state index in [1.54, 1.807) is 0 Å². The summed E-state index contributed by atoms with van der Waals surface area (Å²) < 4.78 is 0. The first-order valence-corrected chi connectivity index (χ1v) is 7.19. The van der Waals surface area contributed by atoms with E-state index in [2.05, 4.69) is 23.6 Å². The van der Waals surface area contributed by atoms with Crippen LogP contribution in [0.4, 0.5) is 0 Å². The van der Waals surface area contributed by atoms with Gasteiger partial charge < -0.3 is 9.80 Å². The van der Waals surface area contributed by atoms with Crippen LogP contribution in [0.2, 0.25) is 0 Å². The van der Waals surface area contributed by atoms with E-state index in [0.717, 1.165) is 11.8 Å². The maximum absolute atomic E-state index is 2.68. The summed E-state index contributed by atoms with van der Waals surface area (Å²) in [6.45, 7) is 12.8. The third-order valence-corrected chi connectivity index (χ3v) is 4.11. The minimum absolute atomic E-state index is 0.859. The summed E-state index contributed by atoms with van der Waals surface area (Å²) in [4.78, 5) is 5.36. The number of likely N-dealkylation sites (tertiary alicyclic amines) is 2. The first-order chi connectivity index (χ1) is 7.74. The van der Waals surface area contributed by atoms with Gasteiger partial charge in [0.25, 0.3) is 0 Å². The summed E-state index contributed by atoms with van der Waals surface area (Å²) in [5.74, 6) is 1.82. The van der Waals surface area contributed by atoms with Crippen LogP contribution < -0.4 is 0 Å². The number of nitrogens with zero attached hydrogens (tertiary/aromatic N) is 2. The Morgan fingerprint density at radius 1 is 1.06 bits per heavy atom. The topological polar surface area (TPSA) is 6.48 Å². The molecule has 0 saturated carbocycles. The van der Waals surface area contributed by atoms with Gasteiger partial charge in [-0.05, 0) is 63.7 Å². The van der Waals surface area contributed by atoms with Crippen LogP contribution in [-0.4, -0.2) is 49.1 Å². The van der Waals surface area contributed by atoms with Crippen molar-refractivity contribution in [2.24, 2.45) is 11.8 Å². The molecule has 0 bridgehead atoms. The first-order valence-electron chi connectivity index (χ1n) is 7.19. The van der Waals surface area contributed by atoms with Crippen LogP contribution in [0.15, 0.2) is 0 Å². The molecule has 2 aliphatic heterocycles. The Balaban J connectivity index is 1.63. The molecular weight excluding hydrogens is 196 g/mol. The zero-order chi connectivity index (χ0) is 11.4. The van der Waals surface area contributed by atoms with Gasteiger partial charge in [-0.15, -0.1) is 0 Å². The van der Waals surface area contributed by atoms with Crippen molar-refractivity contribution in [3.63, 3.8) is 0 Å². The maximum atomic E-state index is 2.68. The normalized spacial score (nSPS) is 28.3. The molecule has 2 nitrogen and oxygen atoms in total.